The van der Waals surface area contributed by atoms with Crippen molar-refractivity contribution in [2.45, 2.75) is 32.4 Å². The van der Waals surface area contributed by atoms with Gasteiger partial charge in [0, 0.05) is 19.1 Å². The van der Waals surface area contributed by atoms with Crippen molar-refractivity contribution >= 4 is 6.01 Å². The maximum atomic E-state index is 5.50. The molecule has 2 rings (SSSR count). The standard InChI is InChI=1S/C12H19N3O/c1-3-7-15(11-5-6-11)12-14-10(9-16-12)8-13-4-2/h3,9,11,13H,1,4-8H2,2H3. The van der Waals surface area contributed by atoms with Crippen molar-refractivity contribution in [1.29, 1.82) is 0 Å². The summed E-state index contributed by atoms with van der Waals surface area (Å²) in [5.41, 5.74) is 0.964. The molecule has 0 bridgehead atoms. The second-order valence-corrected chi connectivity index (χ2v) is 4.07. The fourth-order valence-electron chi connectivity index (χ4n) is 1.67. The van der Waals surface area contributed by atoms with Crippen LogP contribution in [0.4, 0.5) is 6.01 Å². The molecule has 0 unspecified atom stereocenters. The first kappa shape index (κ1) is 11.2. The quantitative estimate of drug-likeness (QED) is 0.714. The SMILES string of the molecule is C=CCN(c1nc(CNCC)co1)C1CC1. The lowest BCUT2D eigenvalue weighted by atomic mass is 10.4. The second-order valence-electron chi connectivity index (χ2n) is 4.07. The molecule has 1 fully saturated rings. The molecule has 4 nitrogen and oxygen atoms in total. The van der Waals surface area contributed by atoms with Crippen LogP contribution < -0.4 is 10.2 Å². The van der Waals surface area contributed by atoms with Gasteiger partial charge in [-0.1, -0.05) is 13.0 Å². The molecule has 1 aliphatic carbocycles. The lowest BCUT2D eigenvalue weighted by Crippen LogP contribution is -2.26. The molecule has 88 valence electrons. The lowest BCUT2D eigenvalue weighted by molar-refractivity contribution is 0.536. The van der Waals surface area contributed by atoms with E-state index < -0.39 is 0 Å². The third-order valence-electron chi connectivity index (χ3n) is 2.65. The number of rotatable bonds is 7. The Labute approximate surface area is 96.3 Å². The Morgan fingerprint density at radius 1 is 1.69 bits per heavy atom. The number of hydrogen-bond donors (Lipinski definition) is 1. The van der Waals surface area contributed by atoms with Gasteiger partial charge >= 0.3 is 0 Å². The highest BCUT2D eigenvalue weighted by Crippen LogP contribution is 2.30. The summed E-state index contributed by atoms with van der Waals surface area (Å²) in [6, 6.07) is 1.33. The predicted molar refractivity (Wildman–Crippen MR) is 64.4 cm³/mol. The zero-order valence-corrected chi connectivity index (χ0v) is 9.78. The van der Waals surface area contributed by atoms with E-state index >= 15 is 0 Å². The van der Waals surface area contributed by atoms with Gasteiger partial charge in [0.2, 0.25) is 0 Å². The van der Waals surface area contributed by atoms with E-state index in [1.165, 1.54) is 12.8 Å². The molecule has 4 heteroatoms. The summed E-state index contributed by atoms with van der Waals surface area (Å²) in [6.45, 7) is 8.38. The van der Waals surface area contributed by atoms with Gasteiger partial charge < -0.3 is 14.6 Å². The van der Waals surface area contributed by atoms with E-state index in [2.05, 4.69) is 28.7 Å². The number of anilines is 1. The Bertz CT molecular complexity index is 344. The van der Waals surface area contributed by atoms with Crippen molar-refractivity contribution < 1.29 is 4.42 Å². The van der Waals surface area contributed by atoms with Gasteiger partial charge in [0.1, 0.15) is 6.26 Å². The van der Waals surface area contributed by atoms with E-state index in [1.807, 2.05) is 6.08 Å². The Balaban J connectivity index is 2.00. The minimum Gasteiger partial charge on any atom is -0.432 e. The van der Waals surface area contributed by atoms with Crippen molar-refractivity contribution in [3.8, 4) is 0 Å². The molecular weight excluding hydrogens is 202 g/mol. The van der Waals surface area contributed by atoms with E-state index in [9.17, 15) is 0 Å². The molecule has 0 spiro atoms. The molecule has 1 heterocycles. The zero-order valence-electron chi connectivity index (χ0n) is 9.78. The Hall–Kier alpha value is -1.29. The fraction of sp³-hybridized carbons (Fsp3) is 0.583. The van der Waals surface area contributed by atoms with Crippen LogP contribution in [-0.4, -0.2) is 24.1 Å². The van der Waals surface area contributed by atoms with Gasteiger partial charge in [0.15, 0.2) is 0 Å². The van der Waals surface area contributed by atoms with E-state index in [1.54, 1.807) is 6.26 Å². The van der Waals surface area contributed by atoms with E-state index in [4.69, 9.17) is 4.42 Å². The van der Waals surface area contributed by atoms with Crippen LogP contribution >= 0.6 is 0 Å². The van der Waals surface area contributed by atoms with E-state index in [0.717, 1.165) is 31.3 Å². The van der Waals surface area contributed by atoms with Gasteiger partial charge in [0.25, 0.3) is 6.01 Å². The van der Waals surface area contributed by atoms with Crippen molar-refractivity contribution in [3.63, 3.8) is 0 Å². The van der Waals surface area contributed by atoms with Crippen LogP contribution in [0.15, 0.2) is 23.3 Å². The van der Waals surface area contributed by atoms with Crippen molar-refractivity contribution in [3.05, 3.63) is 24.6 Å². The second kappa shape index (κ2) is 5.16. The Morgan fingerprint density at radius 2 is 2.50 bits per heavy atom. The van der Waals surface area contributed by atoms with Crippen molar-refractivity contribution in [2.75, 3.05) is 18.0 Å². The van der Waals surface area contributed by atoms with Crippen LogP contribution in [0.3, 0.4) is 0 Å². The van der Waals surface area contributed by atoms with Crippen LogP contribution in [0.2, 0.25) is 0 Å². The van der Waals surface area contributed by atoms with Crippen LogP contribution in [-0.2, 0) is 6.54 Å². The molecule has 0 radical (unpaired) electrons. The molecule has 1 saturated carbocycles. The third kappa shape index (κ3) is 2.64. The smallest absolute Gasteiger partial charge is 0.298 e. The minimum absolute atomic E-state index is 0.601. The highest BCUT2D eigenvalue weighted by molar-refractivity contribution is 5.32. The van der Waals surface area contributed by atoms with Gasteiger partial charge in [-0.25, -0.2) is 0 Å². The maximum Gasteiger partial charge on any atom is 0.298 e. The van der Waals surface area contributed by atoms with E-state index in [-0.39, 0.29) is 0 Å². The Kier molecular flexibility index (Phi) is 3.62. The number of nitrogens with one attached hydrogen (secondary N) is 1. The lowest BCUT2D eigenvalue weighted by Gasteiger charge is -2.17. The summed E-state index contributed by atoms with van der Waals surface area (Å²) in [5, 5.41) is 3.23. The number of hydrogen-bond acceptors (Lipinski definition) is 4. The average Bonchev–Trinajstić information content (AvgIpc) is 3.02. The van der Waals surface area contributed by atoms with E-state index in [0.29, 0.717) is 6.04 Å². The summed E-state index contributed by atoms with van der Waals surface area (Å²) < 4.78 is 5.50. The highest BCUT2D eigenvalue weighted by atomic mass is 16.4. The minimum atomic E-state index is 0.601. The Morgan fingerprint density at radius 3 is 3.12 bits per heavy atom. The van der Waals surface area contributed by atoms with Gasteiger partial charge in [0.05, 0.1) is 5.69 Å². The molecular formula is C12H19N3O. The van der Waals surface area contributed by atoms with Crippen LogP contribution in [0.25, 0.3) is 0 Å². The van der Waals surface area contributed by atoms with Gasteiger partial charge in [-0.15, -0.1) is 6.58 Å². The summed E-state index contributed by atoms with van der Waals surface area (Å²) >= 11 is 0. The monoisotopic (exact) mass is 221 g/mol. The highest BCUT2D eigenvalue weighted by Gasteiger charge is 2.31. The average molecular weight is 221 g/mol. The van der Waals surface area contributed by atoms with Crippen LogP contribution in [0, 0.1) is 0 Å². The molecule has 16 heavy (non-hydrogen) atoms. The molecule has 1 aliphatic rings. The molecule has 0 saturated heterocycles. The summed E-state index contributed by atoms with van der Waals surface area (Å²) in [7, 11) is 0. The molecule has 1 N–H and O–H groups in total. The summed E-state index contributed by atoms with van der Waals surface area (Å²) in [6.07, 6.45) is 6.10. The zero-order chi connectivity index (χ0) is 11.4. The predicted octanol–water partition coefficient (Wildman–Crippen LogP) is 1.94. The maximum absolute atomic E-state index is 5.50. The van der Waals surface area contributed by atoms with Crippen molar-refractivity contribution in [1.82, 2.24) is 10.3 Å². The molecule has 0 atom stereocenters. The first-order valence-electron chi connectivity index (χ1n) is 5.87. The number of oxazole rings is 1. The largest absolute Gasteiger partial charge is 0.432 e. The van der Waals surface area contributed by atoms with Gasteiger partial charge in [-0.3, -0.25) is 0 Å². The molecule has 1 aromatic heterocycles. The third-order valence-corrected chi connectivity index (χ3v) is 2.65. The number of nitrogens with zero attached hydrogens (tertiary/aromatic N) is 2. The first-order valence-corrected chi connectivity index (χ1v) is 5.87. The normalized spacial score (nSPS) is 15.1. The first-order chi connectivity index (χ1) is 7.85. The topological polar surface area (TPSA) is 41.3 Å². The number of aromatic nitrogens is 1. The molecule has 1 aromatic rings. The van der Waals surface area contributed by atoms with Crippen LogP contribution in [0.5, 0.6) is 0 Å². The van der Waals surface area contributed by atoms with Crippen LogP contribution in [0.1, 0.15) is 25.5 Å². The van der Waals surface area contributed by atoms with Gasteiger partial charge in [-0.2, -0.15) is 4.98 Å². The van der Waals surface area contributed by atoms with Gasteiger partial charge in [-0.05, 0) is 19.4 Å². The molecule has 0 aliphatic heterocycles. The molecule has 0 amide bonds. The molecule has 0 aromatic carbocycles. The fourth-order valence-corrected chi connectivity index (χ4v) is 1.67. The summed E-state index contributed by atoms with van der Waals surface area (Å²) in [4.78, 5) is 6.66. The summed E-state index contributed by atoms with van der Waals surface area (Å²) in [5.74, 6) is 0. The van der Waals surface area contributed by atoms with Crippen molar-refractivity contribution in [2.24, 2.45) is 0 Å².